The van der Waals surface area contributed by atoms with Crippen molar-refractivity contribution < 1.29 is 4.79 Å². The Bertz CT molecular complexity index is 761. The third kappa shape index (κ3) is 2.40. The van der Waals surface area contributed by atoms with E-state index in [2.05, 4.69) is 15.3 Å². The number of amides is 1. The van der Waals surface area contributed by atoms with Crippen LogP contribution in [0.15, 0.2) is 48.8 Å². The second-order valence-corrected chi connectivity index (χ2v) is 4.75. The molecule has 0 unspecified atom stereocenters. The minimum Gasteiger partial charge on any atom is -0.348 e. The quantitative estimate of drug-likeness (QED) is 0.765. The van der Waals surface area contributed by atoms with Crippen LogP contribution >= 0.6 is 0 Å². The van der Waals surface area contributed by atoms with Crippen molar-refractivity contribution in [3.63, 3.8) is 0 Å². The van der Waals surface area contributed by atoms with Gasteiger partial charge in [0.1, 0.15) is 0 Å². The summed E-state index contributed by atoms with van der Waals surface area (Å²) in [6, 6.07) is 13.5. The van der Waals surface area contributed by atoms with Crippen LogP contribution in [0.25, 0.3) is 11.0 Å². The van der Waals surface area contributed by atoms with Crippen LogP contribution in [0.3, 0.4) is 0 Å². The van der Waals surface area contributed by atoms with E-state index in [1.54, 1.807) is 6.33 Å². The molecule has 0 aliphatic rings. The summed E-state index contributed by atoms with van der Waals surface area (Å²) in [4.78, 5) is 19.4. The second kappa shape index (κ2) is 5.17. The van der Waals surface area contributed by atoms with Crippen LogP contribution in [-0.2, 0) is 6.54 Å². The van der Waals surface area contributed by atoms with Gasteiger partial charge in [-0.15, -0.1) is 0 Å². The maximum Gasteiger partial charge on any atom is 0.251 e. The highest BCUT2D eigenvalue weighted by Gasteiger charge is 2.07. The van der Waals surface area contributed by atoms with Crippen LogP contribution in [-0.4, -0.2) is 15.9 Å². The summed E-state index contributed by atoms with van der Waals surface area (Å²) >= 11 is 0. The Labute approximate surface area is 116 Å². The van der Waals surface area contributed by atoms with Gasteiger partial charge in [0.2, 0.25) is 0 Å². The van der Waals surface area contributed by atoms with Gasteiger partial charge in [-0.3, -0.25) is 4.79 Å². The van der Waals surface area contributed by atoms with Crippen molar-refractivity contribution in [3.8, 4) is 0 Å². The largest absolute Gasteiger partial charge is 0.348 e. The van der Waals surface area contributed by atoms with E-state index in [4.69, 9.17) is 0 Å². The predicted octanol–water partition coefficient (Wildman–Crippen LogP) is 2.80. The number of rotatable bonds is 3. The van der Waals surface area contributed by atoms with Gasteiger partial charge in [-0.2, -0.15) is 0 Å². The Morgan fingerprint density at radius 1 is 1.25 bits per heavy atom. The Kier molecular flexibility index (Phi) is 3.21. The maximum absolute atomic E-state index is 12.1. The number of aryl methyl sites for hydroxylation is 1. The number of nitrogens with one attached hydrogen (secondary N) is 2. The van der Waals surface area contributed by atoms with Crippen LogP contribution in [0.5, 0.6) is 0 Å². The zero-order valence-corrected chi connectivity index (χ0v) is 11.2. The lowest BCUT2D eigenvalue weighted by molar-refractivity contribution is 0.0950. The molecule has 2 N–H and O–H groups in total. The zero-order chi connectivity index (χ0) is 13.9. The lowest BCUT2D eigenvalue weighted by Crippen LogP contribution is -2.23. The molecular weight excluding hydrogens is 250 g/mol. The minimum absolute atomic E-state index is 0.0483. The smallest absolute Gasteiger partial charge is 0.251 e. The van der Waals surface area contributed by atoms with E-state index in [9.17, 15) is 4.79 Å². The number of carbonyl (C=O) groups excluding carboxylic acids is 1. The number of carbonyl (C=O) groups is 1. The lowest BCUT2D eigenvalue weighted by Gasteiger charge is -2.07. The van der Waals surface area contributed by atoms with Gasteiger partial charge in [-0.1, -0.05) is 24.3 Å². The molecule has 0 aliphatic heterocycles. The number of aromatic amines is 1. The van der Waals surface area contributed by atoms with Gasteiger partial charge in [0, 0.05) is 12.1 Å². The summed E-state index contributed by atoms with van der Waals surface area (Å²) in [6.07, 6.45) is 1.67. The Balaban J connectivity index is 1.73. The van der Waals surface area contributed by atoms with Crippen molar-refractivity contribution in [2.75, 3.05) is 0 Å². The second-order valence-electron chi connectivity index (χ2n) is 4.75. The number of hydrogen-bond acceptors (Lipinski definition) is 2. The van der Waals surface area contributed by atoms with E-state index in [1.165, 1.54) is 0 Å². The molecule has 0 saturated heterocycles. The van der Waals surface area contributed by atoms with Crippen molar-refractivity contribution in [2.24, 2.45) is 0 Å². The van der Waals surface area contributed by atoms with Gasteiger partial charge >= 0.3 is 0 Å². The number of fused-ring (bicyclic) bond motifs is 1. The standard InChI is InChI=1S/C16H15N3O/c1-11-4-2-3-5-13(11)16(20)17-9-12-6-7-14-15(8-12)19-10-18-14/h2-8,10H,9H2,1H3,(H,17,20)(H,18,19). The summed E-state index contributed by atoms with van der Waals surface area (Å²) in [5.74, 6) is -0.0483. The Hall–Kier alpha value is -2.62. The number of hydrogen-bond donors (Lipinski definition) is 2. The Morgan fingerprint density at radius 3 is 2.95 bits per heavy atom. The fraction of sp³-hybridized carbons (Fsp3) is 0.125. The minimum atomic E-state index is -0.0483. The average Bonchev–Trinajstić information content (AvgIpc) is 2.92. The third-order valence-electron chi connectivity index (χ3n) is 3.33. The van der Waals surface area contributed by atoms with E-state index in [0.29, 0.717) is 6.54 Å². The van der Waals surface area contributed by atoms with E-state index in [0.717, 1.165) is 27.7 Å². The molecule has 3 aromatic rings. The molecule has 0 aliphatic carbocycles. The first-order valence-electron chi connectivity index (χ1n) is 6.50. The molecule has 0 saturated carbocycles. The summed E-state index contributed by atoms with van der Waals surface area (Å²) in [5.41, 5.74) is 4.65. The van der Waals surface area contributed by atoms with E-state index in [1.807, 2.05) is 49.4 Å². The molecule has 0 radical (unpaired) electrons. The molecule has 20 heavy (non-hydrogen) atoms. The number of nitrogens with zero attached hydrogens (tertiary/aromatic N) is 1. The normalized spacial score (nSPS) is 10.7. The highest BCUT2D eigenvalue weighted by Crippen LogP contribution is 2.12. The van der Waals surface area contributed by atoms with Crippen molar-refractivity contribution >= 4 is 16.9 Å². The number of imidazole rings is 1. The molecule has 4 nitrogen and oxygen atoms in total. The Morgan fingerprint density at radius 2 is 2.10 bits per heavy atom. The number of H-pyrrole nitrogens is 1. The van der Waals surface area contributed by atoms with Crippen LogP contribution in [0.1, 0.15) is 21.5 Å². The molecule has 100 valence electrons. The molecule has 0 fully saturated rings. The first-order valence-corrected chi connectivity index (χ1v) is 6.50. The summed E-state index contributed by atoms with van der Waals surface area (Å²) in [7, 11) is 0. The molecule has 1 heterocycles. The van der Waals surface area contributed by atoms with Crippen LogP contribution in [0.4, 0.5) is 0 Å². The van der Waals surface area contributed by atoms with E-state index < -0.39 is 0 Å². The highest BCUT2D eigenvalue weighted by molar-refractivity contribution is 5.95. The molecule has 0 spiro atoms. The summed E-state index contributed by atoms with van der Waals surface area (Å²) in [5, 5.41) is 2.94. The van der Waals surface area contributed by atoms with Gasteiger partial charge < -0.3 is 10.3 Å². The molecule has 1 amide bonds. The van der Waals surface area contributed by atoms with Crippen molar-refractivity contribution in [2.45, 2.75) is 13.5 Å². The molecular formula is C16H15N3O. The highest BCUT2D eigenvalue weighted by atomic mass is 16.1. The number of benzene rings is 2. The van der Waals surface area contributed by atoms with Gasteiger partial charge in [-0.05, 0) is 36.2 Å². The molecule has 0 bridgehead atoms. The van der Waals surface area contributed by atoms with E-state index in [-0.39, 0.29) is 5.91 Å². The molecule has 0 atom stereocenters. The van der Waals surface area contributed by atoms with Gasteiger partial charge in [-0.25, -0.2) is 4.98 Å². The maximum atomic E-state index is 12.1. The van der Waals surface area contributed by atoms with Crippen LogP contribution in [0.2, 0.25) is 0 Å². The molecule has 1 aromatic heterocycles. The van der Waals surface area contributed by atoms with Crippen LogP contribution in [0, 0.1) is 6.92 Å². The predicted molar refractivity (Wildman–Crippen MR) is 78.4 cm³/mol. The average molecular weight is 265 g/mol. The SMILES string of the molecule is Cc1ccccc1C(=O)NCc1ccc2nc[nH]c2c1. The van der Waals surface area contributed by atoms with Crippen molar-refractivity contribution in [3.05, 3.63) is 65.5 Å². The van der Waals surface area contributed by atoms with Gasteiger partial charge in [0.15, 0.2) is 0 Å². The topological polar surface area (TPSA) is 57.8 Å². The molecule has 4 heteroatoms. The lowest BCUT2D eigenvalue weighted by atomic mass is 10.1. The summed E-state index contributed by atoms with van der Waals surface area (Å²) in [6.45, 7) is 2.44. The summed E-state index contributed by atoms with van der Waals surface area (Å²) < 4.78 is 0. The fourth-order valence-corrected chi connectivity index (χ4v) is 2.20. The third-order valence-corrected chi connectivity index (χ3v) is 3.33. The van der Waals surface area contributed by atoms with Crippen molar-refractivity contribution in [1.29, 1.82) is 0 Å². The van der Waals surface area contributed by atoms with Gasteiger partial charge in [0.25, 0.3) is 5.91 Å². The van der Waals surface area contributed by atoms with Crippen molar-refractivity contribution in [1.82, 2.24) is 15.3 Å². The molecule has 2 aromatic carbocycles. The molecule has 3 rings (SSSR count). The fourth-order valence-electron chi connectivity index (χ4n) is 2.20. The number of aromatic nitrogens is 2. The monoisotopic (exact) mass is 265 g/mol. The van der Waals surface area contributed by atoms with E-state index >= 15 is 0 Å². The first-order chi connectivity index (χ1) is 9.74. The zero-order valence-electron chi connectivity index (χ0n) is 11.2. The van der Waals surface area contributed by atoms with Gasteiger partial charge in [0.05, 0.1) is 17.4 Å². The van der Waals surface area contributed by atoms with Crippen LogP contribution < -0.4 is 5.32 Å². The first kappa shape index (κ1) is 12.4.